The van der Waals surface area contributed by atoms with Gasteiger partial charge in [-0.15, -0.1) is 0 Å². The van der Waals surface area contributed by atoms with E-state index in [4.69, 9.17) is 0 Å². The van der Waals surface area contributed by atoms with E-state index in [2.05, 4.69) is 0 Å². The molecule has 0 unspecified atom stereocenters. The number of carboxylic acids is 1. The Balaban J connectivity index is 2.01. The fourth-order valence-electron chi connectivity index (χ4n) is 2.16. The van der Waals surface area contributed by atoms with Crippen LogP contribution in [0.4, 0.5) is 0 Å². The van der Waals surface area contributed by atoms with Crippen molar-refractivity contribution >= 4 is 22.1 Å². The number of sulfonamides is 1. The molecule has 0 aromatic heterocycles. The first-order valence-corrected chi connectivity index (χ1v) is 7.93. The van der Waals surface area contributed by atoms with Crippen molar-refractivity contribution in [2.45, 2.75) is 12.8 Å². The molecule has 1 aromatic carbocycles. The lowest BCUT2D eigenvalue weighted by Gasteiger charge is -2.30. The Bertz CT molecular complexity index is 587. The SMILES string of the molecule is O=C([O-])C1CCN(S(=O)(=O)/C=C/c2ccccc2)CC1. The van der Waals surface area contributed by atoms with Gasteiger partial charge in [-0.1, -0.05) is 30.3 Å². The summed E-state index contributed by atoms with van der Waals surface area (Å²) in [5.74, 6) is -1.64. The average Bonchev–Trinajstić information content (AvgIpc) is 2.46. The van der Waals surface area contributed by atoms with Gasteiger partial charge in [0.15, 0.2) is 0 Å². The Hall–Kier alpha value is -1.66. The van der Waals surface area contributed by atoms with Crippen LogP contribution in [0.1, 0.15) is 18.4 Å². The smallest absolute Gasteiger partial charge is 0.236 e. The summed E-state index contributed by atoms with van der Waals surface area (Å²) < 4.78 is 25.5. The minimum Gasteiger partial charge on any atom is -0.550 e. The number of piperidine rings is 1. The minimum absolute atomic E-state index is 0.222. The predicted molar refractivity (Wildman–Crippen MR) is 73.7 cm³/mol. The summed E-state index contributed by atoms with van der Waals surface area (Å²) in [4.78, 5) is 10.7. The number of carbonyl (C=O) groups is 1. The van der Waals surface area contributed by atoms with Crippen LogP contribution in [0.15, 0.2) is 35.7 Å². The quantitative estimate of drug-likeness (QED) is 0.807. The Morgan fingerprint density at radius 1 is 1.20 bits per heavy atom. The van der Waals surface area contributed by atoms with Crippen LogP contribution in [0, 0.1) is 5.92 Å². The van der Waals surface area contributed by atoms with E-state index < -0.39 is 21.9 Å². The second-order valence-corrected chi connectivity index (χ2v) is 6.57. The molecule has 1 aromatic rings. The first kappa shape index (κ1) is 14.7. The van der Waals surface area contributed by atoms with E-state index in [1.54, 1.807) is 6.08 Å². The normalized spacial score (nSPS) is 18.4. The van der Waals surface area contributed by atoms with Crippen molar-refractivity contribution in [3.63, 3.8) is 0 Å². The number of carboxylic acid groups (broad SMARTS) is 1. The van der Waals surface area contributed by atoms with Gasteiger partial charge in [-0.2, -0.15) is 4.31 Å². The highest BCUT2D eigenvalue weighted by atomic mass is 32.2. The van der Waals surface area contributed by atoms with Gasteiger partial charge >= 0.3 is 0 Å². The molecule has 0 spiro atoms. The molecule has 0 saturated carbocycles. The van der Waals surface area contributed by atoms with Crippen LogP contribution < -0.4 is 5.11 Å². The van der Waals surface area contributed by atoms with Crippen molar-refractivity contribution in [2.24, 2.45) is 5.92 Å². The summed E-state index contributed by atoms with van der Waals surface area (Å²) in [6.45, 7) is 0.445. The number of hydrogen-bond acceptors (Lipinski definition) is 4. The Morgan fingerprint density at radius 2 is 1.80 bits per heavy atom. The molecule has 108 valence electrons. The van der Waals surface area contributed by atoms with E-state index >= 15 is 0 Å². The van der Waals surface area contributed by atoms with Gasteiger partial charge in [0.25, 0.3) is 0 Å². The molecule has 0 radical (unpaired) electrons. The number of nitrogens with zero attached hydrogens (tertiary/aromatic N) is 1. The molecule has 5 nitrogen and oxygen atoms in total. The Labute approximate surface area is 118 Å². The zero-order valence-corrected chi connectivity index (χ0v) is 11.8. The van der Waals surface area contributed by atoms with Gasteiger partial charge in [-0.3, -0.25) is 0 Å². The van der Waals surface area contributed by atoms with Crippen molar-refractivity contribution in [3.8, 4) is 0 Å². The molecule has 0 aliphatic carbocycles. The third-order valence-corrected chi connectivity index (χ3v) is 4.94. The molecular weight excluding hydrogens is 278 g/mol. The molecule has 1 heterocycles. The van der Waals surface area contributed by atoms with Gasteiger partial charge in [-0.25, -0.2) is 8.42 Å². The molecule has 20 heavy (non-hydrogen) atoms. The molecule has 6 heteroatoms. The molecule has 1 fully saturated rings. The fourth-order valence-corrected chi connectivity index (χ4v) is 3.38. The molecular formula is C14H16NO4S-. The van der Waals surface area contributed by atoms with Crippen molar-refractivity contribution < 1.29 is 18.3 Å². The van der Waals surface area contributed by atoms with E-state index in [0.29, 0.717) is 12.8 Å². The van der Waals surface area contributed by atoms with Crippen LogP contribution in [0.25, 0.3) is 6.08 Å². The van der Waals surface area contributed by atoms with E-state index in [1.165, 1.54) is 9.71 Å². The van der Waals surface area contributed by atoms with E-state index in [0.717, 1.165) is 5.56 Å². The lowest BCUT2D eigenvalue weighted by atomic mass is 9.99. The first-order valence-electron chi connectivity index (χ1n) is 6.43. The third-order valence-electron chi connectivity index (χ3n) is 3.38. The molecule has 0 amide bonds. The molecule has 0 N–H and O–H groups in total. The maximum Gasteiger partial charge on any atom is 0.236 e. The molecule has 1 saturated heterocycles. The highest BCUT2D eigenvalue weighted by Gasteiger charge is 2.26. The van der Waals surface area contributed by atoms with Crippen molar-refractivity contribution in [1.82, 2.24) is 4.31 Å². The largest absolute Gasteiger partial charge is 0.550 e. The zero-order valence-electron chi connectivity index (χ0n) is 10.9. The van der Waals surface area contributed by atoms with E-state index in [1.807, 2.05) is 30.3 Å². The van der Waals surface area contributed by atoms with E-state index in [-0.39, 0.29) is 13.1 Å². The summed E-state index contributed by atoms with van der Waals surface area (Å²) >= 11 is 0. The van der Waals surface area contributed by atoms with Gasteiger partial charge in [0.1, 0.15) is 0 Å². The van der Waals surface area contributed by atoms with Crippen molar-refractivity contribution in [2.75, 3.05) is 13.1 Å². The second-order valence-electron chi connectivity index (χ2n) is 4.75. The predicted octanol–water partition coefficient (Wildman–Crippen LogP) is 0.449. The average molecular weight is 294 g/mol. The number of benzene rings is 1. The molecule has 1 aliphatic heterocycles. The lowest BCUT2D eigenvalue weighted by Crippen LogP contribution is -2.42. The minimum atomic E-state index is -3.49. The number of carbonyl (C=O) groups excluding carboxylic acids is 1. The topological polar surface area (TPSA) is 77.5 Å². The van der Waals surface area contributed by atoms with Crippen molar-refractivity contribution in [1.29, 1.82) is 0 Å². The Morgan fingerprint density at radius 3 is 2.35 bits per heavy atom. The van der Waals surface area contributed by atoms with Crippen LogP contribution in [0.3, 0.4) is 0 Å². The summed E-state index contributed by atoms with van der Waals surface area (Å²) in [6, 6.07) is 9.15. The number of aliphatic carboxylic acids is 1. The summed E-state index contributed by atoms with van der Waals surface area (Å²) in [6.07, 6.45) is 2.15. The maximum absolute atomic E-state index is 12.1. The molecule has 0 atom stereocenters. The molecule has 2 rings (SSSR count). The second kappa shape index (κ2) is 6.19. The van der Waals surface area contributed by atoms with Gasteiger partial charge in [-0.05, 0) is 24.5 Å². The van der Waals surface area contributed by atoms with Crippen LogP contribution >= 0.6 is 0 Å². The van der Waals surface area contributed by atoms with Gasteiger partial charge < -0.3 is 9.90 Å². The maximum atomic E-state index is 12.1. The third kappa shape index (κ3) is 3.68. The van der Waals surface area contributed by atoms with Crippen molar-refractivity contribution in [3.05, 3.63) is 41.3 Å². The van der Waals surface area contributed by atoms with Gasteiger partial charge in [0.05, 0.1) is 0 Å². The summed E-state index contributed by atoms with van der Waals surface area (Å²) in [7, 11) is -3.49. The standard InChI is InChI=1S/C14H17NO4S/c16-14(17)13-6-9-15(10-7-13)20(18,19)11-8-12-4-2-1-3-5-12/h1-5,8,11,13H,6-7,9-10H2,(H,16,17)/p-1/b11-8+. The van der Waals surface area contributed by atoms with Crippen LogP contribution in [0.5, 0.6) is 0 Å². The van der Waals surface area contributed by atoms with Crippen LogP contribution in [-0.4, -0.2) is 31.8 Å². The first-order chi connectivity index (χ1) is 9.49. The summed E-state index contributed by atoms with van der Waals surface area (Å²) in [5, 5.41) is 11.9. The fraction of sp³-hybridized carbons (Fsp3) is 0.357. The van der Waals surface area contributed by atoms with Crippen LogP contribution in [0.2, 0.25) is 0 Å². The number of hydrogen-bond donors (Lipinski definition) is 0. The Kier molecular flexibility index (Phi) is 4.57. The highest BCUT2D eigenvalue weighted by molar-refractivity contribution is 7.92. The number of rotatable bonds is 4. The summed E-state index contributed by atoms with van der Waals surface area (Å²) in [5.41, 5.74) is 0.806. The van der Waals surface area contributed by atoms with Crippen LogP contribution in [-0.2, 0) is 14.8 Å². The molecule has 0 bridgehead atoms. The van der Waals surface area contributed by atoms with E-state index in [9.17, 15) is 18.3 Å². The van der Waals surface area contributed by atoms with Gasteiger partial charge in [0.2, 0.25) is 10.0 Å². The van der Waals surface area contributed by atoms with Gasteiger partial charge in [0, 0.05) is 30.4 Å². The lowest BCUT2D eigenvalue weighted by molar-refractivity contribution is -0.312. The monoisotopic (exact) mass is 294 g/mol. The zero-order chi connectivity index (χ0) is 14.6. The highest BCUT2D eigenvalue weighted by Crippen LogP contribution is 2.20. The molecule has 1 aliphatic rings.